The summed E-state index contributed by atoms with van der Waals surface area (Å²) < 4.78 is 0. The Morgan fingerprint density at radius 2 is 1.64 bits per heavy atom. The Balaban J connectivity index is 1.45. The second kappa shape index (κ2) is 7.00. The molecule has 3 saturated heterocycles. The molecule has 0 bridgehead atoms. The minimum atomic E-state index is -0.255. The van der Waals surface area contributed by atoms with E-state index in [1.54, 1.807) is 4.90 Å². The summed E-state index contributed by atoms with van der Waals surface area (Å²) in [6.45, 7) is 1.57. The van der Waals surface area contributed by atoms with Crippen LogP contribution in [0.3, 0.4) is 0 Å². The van der Waals surface area contributed by atoms with Crippen LogP contribution in [0.15, 0.2) is 24.3 Å². The first-order valence-corrected chi connectivity index (χ1v) is 10.8. The van der Waals surface area contributed by atoms with E-state index in [2.05, 4.69) is 11.0 Å². The van der Waals surface area contributed by atoms with Gasteiger partial charge < -0.3 is 0 Å². The topological polar surface area (TPSA) is 64.4 Å². The molecule has 146 valence electrons. The molecule has 5 rings (SSSR count). The highest BCUT2D eigenvalue weighted by Gasteiger charge is 2.62. The molecule has 5 nitrogen and oxygen atoms in total. The van der Waals surface area contributed by atoms with Crippen LogP contribution in [-0.2, 0) is 9.59 Å². The molecule has 5 heteroatoms. The highest BCUT2D eigenvalue weighted by Crippen LogP contribution is 2.53. The van der Waals surface area contributed by atoms with Crippen LogP contribution in [0, 0.1) is 29.1 Å². The molecule has 1 aliphatic carbocycles. The number of nitriles is 1. The standard InChI is InChI=1S/C23H27N3O2/c24-13-15-8-10-17(11-9-15)21-20-19(18-7-4-12-25(18)21)22(27)26(23(20)28)14-16-5-2-1-3-6-16/h8-11,16,18-21H,1-7,12,14H2. The number of amides is 2. The van der Waals surface area contributed by atoms with Crippen molar-refractivity contribution in [3.05, 3.63) is 35.4 Å². The number of carbonyl (C=O) groups excluding carboxylic acids is 2. The number of imide groups is 1. The van der Waals surface area contributed by atoms with Crippen molar-refractivity contribution in [3.63, 3.8) is 0 Å². The van der Waals surface area contributed by atoms with E-state index in [1.807, 2.05) is 24.3 Å². The molecule has 0 radical (unpaired) electrons. The predicted octanol–water partition coefficient (Wildman–Crippen LogP) is 3.26. The monoisotopic (exact) mass is 377 g/mol. The predicted molar refractivity (Wildman–Crippen MR) is 104 cm³/mol. The highest BCUT2D eigenvalue weighted by molar-refractivity contribution is 6.06. The van der Waals surface area contributed by atoms with E-state index in [-0.39, 0.29) is 35.7 Å². The molecule has 1 aromatic rings. The van der Waals surface area contributed by atoms with E-state index in [4.69, 9.17) is 5.26 Å². The van der Waals surface area contributed by atoms with Crippen molar-refractivity contribution < 1.29 is 9.59 Å². The zero-order valence-electron chi connectivity index (χ0n) is 16.2. The van der Waals surface area contributed by atoms with Gasteiger partial charge in [-0.2, -0.15) is 5.26 Å². The molecule has 3 aliphatic heterocycles. The molecule has 0 aromatic heterocycles. The first-order chi connectivity index (χ1) is 13.7. The second-order valence-corrected chi connectivity index (χ2v) is 8.97. The SMILES string of the molecule is N#Cc1ccc(C2C3C(=O)N(CC4CCCCC4)C(=O)C3C3CCCN32)cc1. The average molecular weight is 377 g/mol. The van der Waals surface area contributed by atoms with Gasteiger partial charge >= 0.3 is 0 Å². The fourth-order valence-corrected chi connectivity index (χ4v) is 6.22. The van der Waals surface area contributed by atoms with Gasteiger partial charge in [-0.05, 0) is 55.8 Å². The van der Waals surface area contributed by atoms with Crippen LogP contribution in [0.2, 0.25) is 0 Å². The second-order valence-electron chi connectivity index (χ2n) is 8.97. The molecule has 4 atom stereocenters. The van der Waals surface area contributed by atoms with Gasteiger partial charge in [-0.1, -0.05) is 31.4 Å². The van der Waals surface area contributed by atoms with E-state index in [0.29, 0.717) is 18.0 Å². The van der Waals surface area contributed by atoms with Crippen LogP contribution in [0.5, 0.6) is 0 Å². The number of likely N-dealkylation sites (tertiary alicyclic amines) is 1. The minimum absolute atomic E-state index is 0.0296. The number of hydrogen-bond donors (Lipinski definition) is 0. The summed E-state index contributed by atoms with van der Waals surface area (Å²) in [5.74, 6) is 0.167. The summed E-state index contributed by atoms with van der Waals surface area (Å²) in [6, 6.07) is 9.93. The normalized spacial score (nSPS) is 33.2. The highest BCUT2D eigenvalue weighted by atomic mass is 16.2. The summed E-state index contributed by atoms with van der Waals surface area (Å²) in [5, 5.41) is 9.10. The Morgan fingerprint density at radius 3 is 2.36 bits per heavy atom. The van der Waals surface area contributed by atoms with Gasteiger partial charge in [0, 0.05) is 18.6 Å². The quantitative estimate of drug-likeness (QED) is 0.759. The van der Waals surface area contributed by atoms with E-state index >= 15 is 0 Å². The van der Waals surface area contributed by atoms with E-state index in [0.717, 1.165) is 37.8 Å². The average Bonchev–Trinajstić information content (AvgIpc) is 3.37. The molecule has 0 spiro atoms. The molecule has 4 aliphatic rings. The Kier molecular flexibility index (Phi) is 4.47. The smallest absolute Gasteiger partial charge is 0.235 e. The first kappa shape index (κ1) is 17.9. The lowest BCUT2D eigenvalue weighted by Crippen LogP contribution is -2.41. The van der Waals surface area contributed by atoms with Gasteiger partial charge in [-0.25, -0.2) is 0 Å². The van der Waals surface area contributed by atoms with Crippen molar-refractivity contribution in [1.29, 1.82) is 5.26 Å². The molecular weight excluding hydrogens is 350 g/mol. The van der Waals surface area contributed by atoms with Gasteiger partial charge in [0.15, 0.2) is 0 Å². The maximum atomic E-state index is 13.4. The molecule has 0 N–H and O–H groups in total. The number of nitrogens with zero attached hydrogens (tertiary/aromatic N) is 3. The third-order valence-electron chi connectivity index (χ3n) is 7.49. The Labute approximate surface area is 166 Å². The van der Waals surface area contributed by atoms with Crippen molar-refractivity contribution in [3.8, 4) is 6.07 Å². The number of fused-ring (bicyclic) bond motifs is 3. The summed E-state index contributed by atoms with van der Waals surface area (Å²) in [5.41, 5.74) is 1.70. The first-order valence-electron chi connectivity index (χ1n) is 10.8. The summed E-state index contributed by atoms with van der Waals surface area (Å²) >= 11 is 0. The number of hydrogen-bond acceptors (Lipinski definition) is 4. The fraction of sp³-hybridized carbons (Fsp3) is 0.609. The number of carbonyl (C=O) groups is 2. The molecule has 1 aromatic carbocycles. The van der Waals surface area contributed by atoms with Crippen LogP contribution in [-0.4, -0.2) is 40.7 Å². The molecule has 4 unspecified atom stereocenters. The maximum absolute atomic E-state index is 13.4. The Morgan fingerprint density at radius 1 is 0.929 bits per heavy atom. The van der Waals surface area contributed by atoms with Crippen molar-refractivity contribution >= 4 is 11.8 Å². The Hall–Kier alpha value is -2.19. The van der Waals surface area contributed by atoms with Gasteiger partial charge in [-0.3, -0.25) is 19.4 Å². The lowest BCUT2D eigenvalue weighted by atomic mass is 9.85. The maximum Gasteiger partial charge on any atom is 0.235 e. The van der Waals surface area contributed by atoms with Crippen LogP contribution >= 0.6 is 0 Å². The van der Waals surface area contributed by atoms with Gasteiger partial charge in [0.1, 0.15) is 0 Å². The molecule has 2 amide bonds. The summed E-state index contributed by atoms with van der Waals surface area (Å²) in [6.07, 6.45) is 8.09. The van der Waals surface area contributed by atoms with Crippen molar-refractivity contribution in [1.82, 2.24) is 9.80 Å². The largest absolute Gasteiger partial charge is 0.292 e. The minimum Gasteiger partial charge on any atom is -0.292 e. The van der Waals surface area contributed by atoms with Crippen LogP contribution < -0.4 is 0 Å². The number of benzene rings is 1. The van der Waals surface area contributed by atoms with Crippen molar-refractivity contribution in [2.45, 2.75) is 57.0 Å². The molecule has 28 heavy (non-hydrogen) atoms. The lowest BCUT2D eigenvalue weighted by Gasteiger charge is -2.30. The van der Waals surface area contributed by atoms with E-state index in [1.165, 1.54) is 19.3 Å². The molecule has 4 fully saturated rings. The fourth-order valence-electron chi connectivity index (χ4n) is 6.22. The lowest BCUT2D eigenvalue weighted by molar-refractivity contribution is -0.142. The third kappa shape index (κ3) is 2.69. The number of rotatable bonds is 3. The van der Waals surface area contributed by atoms with Gasteiger partial charge in [0.2, 0.25) is 11.8 Å². The molecule has 3 heterocycles. The van der Waals surface area contributed by atoms with Crippen LogP contribution in [0.25, 0.3) is 0 Å². The van der Waals surface area contributed by atoms with Crippen LogP contribution in [0.4, 0.5) is 0 Å². The van der Waals surface area contributed by atoms with Gasteiger partial charge in [-0.15, -0.1) is 0 Å². The summed E-state index contributed by atoms with van der Waals surface area (Å²) in [4.78, 5) is 30.8. The molecular formula is C23H27N3O2. The Bertz CT molecular complexity index is 821. The van der Waals surface area contributed by atoms with Crippen molar-refractivity contribution in [2.75, 3.05) is 13.1 Å². The zero-order valence-corrected chi connectivity index (χ0v) is 16.2. The summed E-state index contributed by atoms with van der Waals surface area (Å²) in [7, 11) is 0. The van der Waals surface area contributed by atoms with Gasteiger partial charge in [0.05, 0.1) is 23.5 Å². The van der Waals surface area contributed by atoms with Crippen molar-refractivity contribution in [2.24, 2.45) is 17.8 Å². The third-order valence-corrected chi connectivity index (χ3v) is 7.49. The van der Waals surface area contributed by atoms with E-state index < -0.39 is 0 Å². The van der Waals surface area contributed by atoms with Crippen LogP contribution in [0.1, 0.15) is 62.1 Å². The van der Waals surface area contributed by atoms with E-state index in [9.17, 15) is 9.59 Å². The zero-order chi connectivity index (χ0) is 19.3. The van der Waals surface area contributed by atoms with Gasteiger partial charge in [0.25, 0.3) is 0 Å². The molecule has 1 saturated carbocycles.